The highest BCUT2D eigenvalue weighted by molar-refractivity contribution is 5.82. The van der Waals surface area contributed by atoms with Gasteiger partial charge in [-0.05, 0) is 19.5 Å². The highest BCUT2D eigenvalue weighted by Crippen LogP contribution is 2.20. The second-order valence-electron chi connectivity index (χ2n) is 4.76. The summed E-state index contributed by atoms with van der Waals surface area (Å²) in [4.78, 5) is 16.5. The minimum Gasteiger partial charge on any atom is -0.341 e. The van der Waals surface area contributed by atoms with Gasteiger partial charge in [0.2, 0.25) is 5.91 Å². The normalized spacial score (nSPS) is 13.8. The van der Waals surface area contributed by atoms with E-state index in [0.717, 1.165) is 11.4 Å². The summed E-state index contributed by atoms with van der Waals surface area (Å²) in [6.45, 7) is 1.83. The Balaban J connectivity index is 2.31. The number of imidazole rings is 1. The second kappa shape index (κ2) is 6.34. The molecular formula is C15H20N4O. The first-order chi connectivity index (χ1) is 9.63. The van der Waals surface area contributed by atoms with E-state index in [4.69, 9.17) is 0 Å². The number of carbonyl (C=O) groups excluding carboxylic acids is 1. The minimum atomic E-state index is -0.250. The van der Waals surface area contributed by atoms with Crippen LogP contribution in [0.15, 0.2) is 42.7 Å². The first-order valence-corrected chi connectivity index (χ1v) is 6.63. The van der Waals surface area contributed by atoms with Crippen molar-refractivity contribution < 1.29 is 4.79 Å². The van der Waals surface area contributed by atoms with E-state index in [2.05, 4.69) is 15.6 Å². The molecule has 20 heavy (non-hydrogen) atoms. The largest absolute Gasteiger partial charge is 0.341 e. The maximum Gasteiger partial charge on any atom is 0.237 e. The molecule has 1 aromatic carbocycles. The van der Waals surface area contributed by atoms with Gasteiger partial charge in [-0.3, -0.25) is 4.79 Å². The van der Waals surface area contributed by atoms with Crippen molar-refractivity contribution in [3.8, 4) is 0 Å². The summed E-state index contributed by atoms with van der Waals surface area (Å²) in [5.74, 6) is 0.761. The molecule has 0 radical (unpaired) electrons. The zero-order valence-corrected chi connectivity index (χ0v) is 12.0. The number of nitrogens with zero attached hydrogens (tertiary/aromatic N) is 2. The highest BCUT2D eigenvalue weighted by atomic mass is 16.2. The maximum absolute atomic E-state index is 12.2. The number of aryl methyl sites for hydroxylation is 1. The lowest BCUT2D eigenvalue weighted by Gasteiger charge is -2.21. The van der Waals surface area contributed by atoms with Crippen molar-refractivity contribution in [1.29, 1.82) is 0 Å². The molecule has 0 saturated carbocycles. The predicted octanol–water partition coefficient (Wildman–Crippen LogP) is 1.23. The summed E-state index contributed by atoms with van der Waals surface area (Å²) in [5.41, 5.74) is 1.01. The lowest BCUT2D eigenvalue weighted by Crippen LogP contribution is -2.42. The molecular weight excluding hydrogens is 252 g/mol. The fourth-order valence-electron chi connectivity index (χ4n) is 2.00. The van der Waals surface area contributed by atoms with Crippen molar-refractivity contribution in [2.24, 2.45) is 7.05 Å². The van der Waals surface area contributed by atoms with Crippen LogP contribution in [0, 0.1) is 0 Å². The molecule has 0 spiro atoms. The molecule has 106 valence electrons. The van der Waals surface area contributed by atoms with E-state index < -0.39 is 0 Å². The monoisotopic (exact) mass is 272 g/mol. The molecule has 5 heteroatoms. The third-order valence-corrected chi connectivity index (χ3v) is 3.36. The van der Waals surface area contributed by atoms with Gasteiger partial charge in [0.05, 0.1) is 6.04 Å². The summed E-state index contributed by atoms with van der Waals surface area (Å²) < 4.78 is 1.92. The van der Waals surface area contributed by atoms with Gasteiger partial charge in [0.15, 0.2) is 0 Å². The Labute approximate surface area is 119 Å². The fourth-order valence-corrected chi connectivity index (χ4v) is 2.00. The highest BCUT2D eigenvalue weighted by Gasteiger charge is 2.22. The van der Waals surface area contributed by atoms with Gasteiger partial charge in [-0.25, -0.2) is 4.98 Å². The number of aromatic nitrogens is 2. The van der Waals surface area contributed by atoms with Crippen LogP contribution >= 0.6 is 0 Å². The van der Waals surface area contributed by atoms with Crippen LogP contribution in [0.4, 0.5) is 0 Å². The van der Waals surface area contributed by atoms with Crippen LogP contribution in [0.3, 0.4) is 0 Å². The van der Waals surface area contributed by atoms with Crippen molar-refractivity contribution in [2.75, 3.05) is 7.05 Å². The third-order valence-electron chi connectivity index (χ3n) is 3.36. The Morgan fingerprint density at radius 1 is 1.30 bits per heavy atom. The van der Waals surface area contributed by atoms with E-state index in [1.165, 1.54) is 0 Å². The summed E-state index contributed by atoms with van der Waals surface area (Å²) >= 11 is 0. The van der Waals surface area contributed by atoms with E-state index >= 15 is 0 Å². The van der Waals surface area contributed by atoms with Crippen molar-refractivity contribution in [2.45, 2.75) is 19.0 Å². The molecule has 1 amide bonds. The SMILES string of the molecule is CNC(C)C(=O)NC(c1ccccc1)c1nccn1C. The van der Waals surface area contributed by atoms with Crippen LogP contribution < -0.4 is 10.6 Å². The summed E-state index contributed by atoms with van der Waals surface area (Å²) in [5, 5.41) is 5.98. The van der Waals surface area contributed by atoms with Crippen LogP contribution in [0.2, 0.25) is 0 Å². The van der Waals surface area contributed by atoms with Gasteiger partial charge >= 0.3 is 0 Å². The molecule has 0 aliphatic heterocycles. The van der Waals surface area contributed by atoms with Gasteiger partial charge < -0.3 is 15.2 Å². The minimum absolute atomic E-state index is 0.0515. The van der Waals surface area contributed by atoms with Crippen molar-refractivity contribution in [3.05, 3.63) is 54.1 Å². The number of likely N-dealkylation sites (N-methyl/N-ethyl adjacent to an activating group) is 1. The van der Waals surface area contributed by atoms with E-state index in [1.54, 1.807) is 13.2 Å². The molecule has 2 unspecified atom stereocenters. The average Bonchev–Trinajstić information content (AvgIpc) is 2.90. The molecule has 0 bridgehead atoms. The van der Waals surface area contributed by atoms with Crippen LogP contribution in [0.5, 0.6) is 0 Å². The molecule has 0 aliphatic carbocycles. The standard InChI is InChI=1S/C15H20N4O/c1-11(16-2)15(20)18-13(12-7-5-4-6-8-12)14-17-9-10-19(14)3/h4-11,13,16H,1-3H3,(H,18,20). The Morgan fingerprint density at radius 2 is 2.00 bits per heavy atom. The lowest BCUT2D eigenvalue weighted by atomic mass is 10.1. The van der Waals surface area contributed by atoms with E-state index in [9.17, 15) is 4.79 Å². The van der Waals surface area contributed by atoms with E-state index in [0.29, 0.717) is 0 Å². The zero-order chi connectivity index (χ0) is 14.5. The van der Waals surface area contributed by atoms with Gasteiger partial charge in [-0.2, -0.15) is 0 Å². The number of carbonyl (C=O) groups is 1. The number of benzene rings is 1. The predicted molar refractivity (Wildman–Crippen MR) is 78.2 cm³/mol. The lowest BCUT2D eigenvalue weighted by molar-refractivity contribution is -0.123. The number of hydrogen-bond acceptors (Lipinski definition) is 3. The quantitative estimate of drug-likeness (QED) is 0.861. The van der Waals surface area contributed by atoms with Gasteiger partial charge in [0, 0.05) is 19.4 Å². The molecule has 2 aromatic rings. The maximum atomic E-state index is 12.2. The molecule has 1 heterocycles. The number of amides is 1. The van der Waals surface area contributed by atoms with Gasteiger partial charge in [0.25, 0.3) is 0 Å². The van der Waals surface area contributed by atoms with E-state index in [1.807, 2.05) is 55.1 Å². The van der Waals surface area contributed by atoms with Gasteiger partial charge in [-0.15, -0.1) is 0 Å². The van der Waals surface area contributed by atoms with Crippen LogP contribution in [-0.4, -0.2) is 28.5 Å². The van der Waals surface area contributed by atoms with Crippen molar-refractivity contribution >= 4 is 5.91 Å². The topological polar surface area (TPSA) is 59.0 Å². The molecule has 2 N–H and O–H groups in total. The third kappa shape index (κ3) is 3.05. The average molecular weight is 272 g/mol. The first kappa shape index (κ1) is 14.3. The molecule has 0 saturated heterocycles. The number of hydrogen-bond donors (Lipinski definition) is 2. The van der Waals surface area contributed by atoms with Crippen molar-refractivity contribution in [3.63, 3.8) is 0 Å². The molecule has 1 aromatic heterocycles. The number of nitrogens with one attached hydrogen (secondary N) is 2. The van der Waals surface area contributed by atoms with Gasteiger partial charge in [0.1, 0.15) is 11.9 Å². The summed E-state index contributed by atoms with van der Waals surface area (Å²) in [6, 6.07) is 9.35. The Bertz CT molecular complexity index is 564. The molecule has 0 fully saturated rings. The van der Waals surface area contributed by atoms with Crippen LogP contribution in [0.1, 0.15) is 24.4 Å². The summed E-state index contributed by atoms with van der Waals surface area (Å²) in [7, 11) is 3.69. The van der Waals surface area contributed by atoms with Crippen LogP contribution in [0.25, 0.3) is 0 Å². The zero-order valence-electron chi connectivity index (χ0n) is 12.0. The van der Waals surface area contributed by atoms with Crippen LogP contribution in [-0.2, 0) is 11.8 Å². The second-order valence-corrected chi connectivity index (χ2v) is 4.76. The van der Waals surface area contributed by atoms with E-state index in [-0.39, 0.29) is 18.0 Å². The fraction of sp³-hybridized carbons (Fsp3) is 0.333. The van der Waals surface area contributed by atoms with Crippen molar-refractivity contribution in [1.82, 2.24) is 20.2 Å². The summed E-state index contributed by atoms with van der Waals surface area (Å²) in [6.07, 6.45) is 3.61. The first-order valence-electron chi connectivity index (χ1n) is 6.63. The molecule has 2 rings (SSSR count). The molecule has 2 atom stereocenters. The molecule has 0 aliphatic rings. The smallest absolute Gasteiger partial charge is 0.237 e. The molecule has 5 nitrogen and oxygen atoms in total. The van der Waals surface area contributed by atoms with Gasteiger partial charge in [-0.1, -0.05) is 30.3 Å². The Kier molecular flexibility index (Phi) is 4.53. The Hall–Kier alpha value is -2.14. The number of rotatable bonds is 5. The Morgan fingerprint density at radius 3 is 2.55 bits per heavy atom.